The van der Waals surface area contributed by atoms with Gasteiger partial charge in [-0.05, 0) is 42.5 Å². The summed E-state index contributed by atoms with van der Waals surface area (Å²) in [6.07, 6.45) is 1.07. The summed E-state index contributed by atoms with van der Waals surface area (Å²) in [5.74, 6) is 0.772. The van der Waals surface area contributed by atoms with Gasteiger partial charge in [0.1, 0.15) is 0 Å². The first kappa shape index (κ1) is 14.0. The minimum atomic E-state index is -3.43. The molecule has 1 aliphatic heterocycles. The van der Waals surface area contributed by atoms with E-state index in [1.54, 1.807) is 16.4 Å². The van der Waals surface area contributed by atoms with Gasteiger partial charge in [-0.15, -0.1) is 0 Å². The topological polar surface area (TPSA) is 61.2 Å². The van der Waals surface area contributed by atoms with Crippen molar-refractivity contribution >= 4 is 10.0 Å². The van der Waals surface area contributed by atoms with Gasteiger partial charge in [-0.1, -0.05) is 13.8 Å². The van der Waals surface area contributed by atoms with Crippen molar-refractivity contribution in [1.29, 1.82) is 5.26 Å². The molecular weight excluding hydrogens is 260 g/mol. The van der Waals surface area contributed by atoms with Crippen LogP contribution in [-0.2, 0) is 10.0 Å². The summed E-state index contributed by atoms with van der Waals surface area (Å²) >= 11 is 0. The van der Waals surface area contributed by atoms with Crippen LogP contribution in [0.5, 0.6) is 0 Å². The van der Waals surface area contributed by atoms with Crippen molar-refractivity contribution in [2.24, 2.45) is 11.8 Å². The van der Waals surface area contributed by atoms with E-state index in [1.807, 2.05) is 6.07 Å². The highest BCUT2D eigenvalue weighted by Gasteiger charge is 2.31. The first-order valence-electron chi connectivity index (χ1n) is 6.44. The van der Waals surface area contributed by atoms with Crippen LogP contribution in [0.25, 0.3) is 0 Å². The van der Waals surface area contributed by atoms with Gasteiger partial charge < -0.3 is 0 Å². The Morgan fingerprint density at radius 2 is 1.68 bits per heavy atom. The van der Waals surface area contributed by atoms with Crippen LogP contribution in [0.15, 0.2) is 29.2 Å². The van der Waals surface area contributed by atoms with E-state index in [9.17, 15) is 8.42 Å². The maximum absolute atomic E-state index is 12.5. The fraction of sp³-hybridized carbons (Fsp3) is 0.500. The molecular formula is C14H18N2O2S. The number of piperidine rings is 1. The lowest BCUT2D eigenvalue weighted by atomic mass is 9.94. The van der Waals surface area contributed by atoms with Crippen LogP contribution >= 0.6 is 0 Å². The largest absolute Gasteiger partial charge is 0.243 e. The predicted molar refractivity (Wildman–Crippen MR) is 72.9 cm³/mol. The average molecular weight is 278 g/mol. The van der Waals surface area contributed by atoms with E-state index >= 15 is 0 Å². The summed E-state index contributed by atoms with van der Waals surface area (Å²) < 4.78 is 26.6. The number of rotatable bonds is 2. The van der Waals surface area contributed by atoms with Crippen LogP contribution < -0.4 is 0 Å². The van der Waals surface area contributed by atoms with Gasteiger partial charge in [0, 0.05) is 13.1 Å². The summed E-state index contributed by atoms with van der Waals surface area (Å²) in [6, 6.07) is 8.10. The fourth-order valence-electron chi connectivity index (χ4n) is 2.65. The molecule has 5 heteroatoms. The van der Waals surface area contributed by atoms with Crippen LogP contribution in [0, 0.1) is 23.2 Å². The lowest BCUT2D eigenvalue weighted by Gasteiger charge is -2.34. The van der Waals surface area contributed by atoms with Crippen molar-refractivity contribution in [3.05, 3.63) is 29.8 Å². The zero-order valence-electron chi connectivity index (χ0n) is 11.2. The number of sulfonamides is 1. The highest BCUT2D eigenvalue weighted by molar-refractivity contribution is 7.89. The Morgan fingerprint density at radius 3 is 2.16 bits per heavy atom. The highest BCUT2D eigenvalue weighted by Crippen LogP contribution is 2.26. The molecule has 1 aliphatic rings. The molecule has 2 rings (SSSR count). The molecule has 0 bridgehead atoms. The molecule has 0 aliphatic carbocycles. The Hall–Kier alpha value is -1.38. The van der Waals surface area contributed by atoms with Crippen LogP contribution in [0.1, 0.15) is 25.8 Å². The smallest absolute Gasteiger partial charge is 0.207 e. The van der Waals surface area contributed by atoms with E-state index in [1.165, 1.54) is 12.1 Å². The summed E-state index contributed by atoms with van der Waals surface area (Å²) in [6.45, 7) is 5.31. The summed E-state index contributed by atoms with van der Waals surface area (Å²) in [7, 11) is -3.43. The Kier molecular flexibility index (Phi) is 3.93. The zero-order valence-corrected chi connectivity index (χ0v) is 12.0. The Labute approximate surface area is 114 Å². The molecule has 0 amide bonds. The second-order valence-electron chi connectivity index (χ2n) is 5.40. The molecule has 0 saturated carbocycles. The molecule has 0 aromatic heterocycles. The van der Waals surface area contributed by atoms with Gasteiger partial charge in [0.2, 0.25) is 10.0 Å². The van der Waals surface area contributed by atoms with Crippen molar-refractivity contribution in [1.82, 2.24) is 4.31 Å². The average Bonchev–Trinajstić information content (AvgIpc) is 2.37. The fourth-order valence-corrected chi connectivity index (χ4v) is 4.33. The number of nitriles is 1. The molecule has 0 unspecified atom stereocenters. The molecule has 1 aromatic rings. The quantitative estimate of drug-likeness (QED) is 0.833. The zero-order chi connectivity index (χ0) is 14.0. The third-order valence-corrected chi connectivity index (χ3v) is 5.30. The minimum Gasteiger partial charge on any atom is -0.207 e. The lowest BCUT2D eigenvalue weighted by molar-refractivity contribution is 0.222. The second kappa shape index (κ2) is 5.32. The van der Waals surface area contributed by atoms with E-state index < -0.39 is 10.0 Å². The number of benzene rings is 1. The van der Waals surface area contributed by atoms with E-state index in [4.69, 9.17) is 5.26 Å². The summed E-state index contributed by atoms with van der Waals surface area (Å²) in [4.78, 5) is 0.271. The first-order chi connectivity index (χ1) is 8.93. The van der Waals surface area contributed by atoms with Crippen molar-refractivity contribution in [2.45, 2.75) is 25.2 Å². The molecule has 0 radical (unpaired) electrons. The van der Waals surface area contributed by atoms with E-state index in [-0.39, 0.29) is 4.90 Å². The molecule has 0 spiro atoms. The third-order valence-electron chi connectivity index (χ3n) is 3.46. The third kappa shape index (κ3) is 2.96. The van der Waals surface area contributed by atoms with Crippen molar-refractivity contribution in [2.75, 3.05) is 13.1 Å². The molecule has 1 aromatic carbocycles. The van der Waals surface area contributed by atoms with Crippen LogP contribution in [0.2, 0.25) is 0 Å². The van der Waals surface area contributed by atoms with Gasteiger partial charge in [-0.2, -0.15) is 9.57 Å². The Balaban J connectivity index is 2.28. The van der Waals surface area contributed by atoms with Crippen LogP contribution in [0.3, 0.4) is 0 Å². The van der Waals surface area contributed by atoms with Crippen molar-refractivity contribution in [3.8, 4) is 6.07 Å². The van der Waals surface area contributed by atoms with Gasteiger partial charge in [0.25, 0.3) is 0 Å². The summed E-state index contributed by atoms with van der Waals surface area (Å²) in [5, 5.41) is 8.74. The van der Waals surface area contributed by atoms with Gasteiger partial charge in [0.05, 0.1) is 16.5 Å². The molecule has 19 heavy (non-hydrogen) atoms. The van der Waals surface area contributed by atoms with Crippen molar-refractivity contribution in [3.63, 3.8) is 0 Å². The Morgan fingerprint density at radius 1 is 1.16 bits per heavy atom. The molecule has 4 nitrogen and oxygen atoms in total. The van der Waals surface area contributed by atoms with E-state index in [0.717, 1.165) is 6.42 Å². The van der Waals surface area contributed by atoms with Gasteiger partial charge >= 0.3 is 0 Å². The molecule has 1 saturated heterocycles. The van der Waals surface area contributed by atoms with Crippen LogP contribution in [-0.4, -0.2) is 25.8 Å². The molecule has 0 N–H and O–H groups in total. The maximum atomic E-state index is 12.5. The second-order valence-corrected chi connectivity index (χ2v) is 7.34. The molecule has 1 fully saturated rings. The molecule has 1 heterocycles. The number of hydrogen-bond acceptors (Lipinski definition) is 3. The monoisotopic (exact) mass is 278 g/mol. The highest BCUT2D eigenvalue weighted by atomic mass is 32.2. The maximum Gasteiger partial charge on any atom is 0.243 e. The normalized spacial score (nSPS) is 24.9. The van der Waals surface area contributed by atoms with Crippen molar-refractivity contribution < 1.29 is 8.42 Å². The standard InChI is InChI=1S/C14H18N2O2S/c1-11-7-12(2)10-16(9-11)19(17,18)14-5-3-13(8-15)4-6-14/h3-6,11-12H,7,9-10H2,1-2H3/t11-,12+. The molecule has 2 atom stereocenters. The number of nitrogens with zero attached hydrogens (tertiary/aromatic N) is 2. The minimum absolute atomic E-state index is 0.271. The van der Waals surface area contributed by atoms with Gasteiger partial charge in [-0.3, -0.25) is 0 Å². The van der Waals surface area contributed by atoms with E-state index in [0.29, 0.717) is 30.5 Å². The summed E-state index contributed by atoms with van der Waals surface area (Å²) in [5.41, 5.74) is 0.472. The predicted octanol–water partition coefficient (Wildman–Crippen LogP) is 2.22. The SMILES string of the molecule is C[C@@H]1C[C@H](C)CN(S(=O)(=O)c2ccc(C#N)cc2)C1. The van der Waals surface area contributed by atoms with Gasteiger partial charge in [-0.25, -0.2) is 8.42 Å². The molecule has 102 valence electrons. The van der Waals surface area contributed by atoms with Gasteiger partial charge in [0.15, 0.2) is 0 Å². The first-order valence-corrected chi connectivity index (χ1v) is 7.88. The Bertz CT molecular complexity index is 577. The van der Waals surface area contributed by atoms with E-state index in [2.05, 4.69) is 13.8 Å². The van der Waals surface area contributed by atoms with Crippen LogP contribution in [0.4, 0.5) is 0 Å². The number of hydrogen-bond donors (Lipinski definition) is 0. The lowest BCUT2D eigenvalue weighted by Crippen LogP contribution is -2.42.